The molecule has 2 atom stereocenters. The van der Waals surface area contributed by atoms with Gasteiger partial charge in [0, 0.05) is 19.6 Å². The summed E-state index contributed by atoms with van der Waals surface area (Å²) < 4.78 is 30.8. The first-order chi connectivity index (χ1) is 7.25. The van der Waals surface area contributed by atoms with Gasteiger partial charge in [-0.3, -0.25) is 0 Å². The Morgan fingerprint density at radius 1 is 1.56 bits per heavy atom. The number of nitrogens with one attached hydrogen (secondary N) is 1. The van der Waals surface area contributed by atoms with E-state index in [4.69, 9.17) is 4.74 Å². The highest BCUT2D eigenvalue weighted by Gasteiger charge is 2.40. The molecule has 2 N–H and O–H groups in total. The van der Waals surface area contributed by atoms with Crippen LogP contribution < -0.4 is 4.72 Å². The SMILES string of the molecule is CC(C)CS(=O)(=O)NCC1(O)CCOC1C. The van der Waals surface area contributed by atoms with Crippen LogP contribution in [0.1, 0.15) is 27.2 Å². The Balaban J connectivity index is 2.51. The zero-order valence-corrected chi connectivity index (χ0v) is 10.9. The van der Waals surface area contributed by atoms with Gasteiger partial charge in [0.25, 0.3) is 0 Å². The van der Waals surface area contributed by atoms with Crippen molar-refractivity contribution in [3.63, 3.8) is 0 Å². The van der Waals surface area contributed by atoms with E-state index in [9.17, 15) is 13.5 Å². The Labute approximate surface area is 97.2 Å². The van der Waals surface area contributed by atoms with Gasteiger partial charge in [0.05, 0.1) is 11.9 Å². The summed E-state index contributed by atoms with van der Waals surface area (Å²) in [6.07, 6.45) is 0.146. The van der Waals surface area contributed by atoms with Gasteiger partial charge in [-0.25, -0.2) is 13.1 Å². The van der Waals surface area contributed by atoms with E-state index in [1.54, 1.807) is 6.92 Å². The molecule has 0 bridgehead atoms. The molecule has 1 aliphatic rings. The van der Waals surface area contributed by atoms with Crippen LogP contribution in [-0.2, 0) is 14.8 Å². The highest BCUT2D eigenvalue weighted by Crippen LogP contribution is 2.24. The second-order valence-corrected chi connectivity index (χ2v) is 6.71. The third kappa shape index (κ3) is 3.69. The van der Waals surface area contributed by atoms with Crippen LogP contribution in [0.15, 0.2) is 0 Å². The Morgan fingerprint density at radius 3 is 2.62 bits per heavy atom. The average molecular weight is 251 g/mol. The molecule has 6 heteroatoms. The van der Waals surface area contributed by atoms with Gasteiger partial charge in [0.2, 0.25) is 10.0 Å². The lowest BCUT2D eigenvalue weighted by atomic mass is 9.97. The summed E-state index contributed by atoms with van der Waals surface area (Å²) in [6.45, 7) is 5.95. The van der Waals surface area contributed by atoms with Crippen LogP contribution in [0.2, 0.25) is 0 Å². The van der Waals surface area contributed by atoms with Crippen LogP contribution in [0.5, 0.6) is 0 Å². The Hall–Kier alpha value is -0.170. The number of rotatable bonds is 5. The molecule has 1 saturated heterocycles. The first-order valence-corrected chi connectivity index (χ1v) is 7.22. The van der Waals surface area contributed by atoms with Gasteiger partial charge in [0.1, 0.15) is 5.60 Å². The van der Waals surface area contributed by atoms with Crippen LogP contribution >= 0.6 is 0 Å². The summed E-state index contributed by atoms with van der Waals surface area (Å²) in [4.78, 5) is 0. The summed E-state index contributed by atoms with van der Waals surface area (Å²) in [5.74, 6) is 0.155. The lowest BCUT2D eigenvalue weighted by Crippen LogP contribution is -2.48. The number of sulfonamides is 1. The van der Waals surface area contributed by atoms with Crippen molar-refractivity contribution in [1.29, 1.82) is 0 Å². The van der Waals surface area contributed by atoms with Crippen molar-refractivity contribution in [3.05, 3.63) is 0 Å². The Kier molecular flexibility index (Phi) is 4.34. The largest absolute Gasteiger partial charge is 0.386 e. The second kappa shape index (κ2) is 5.00. The highest BCUT2D eigenvalue weighted by atomic mass is 32.2. The van der Waals surface area contributed by atoms with Crippen molar-refractivity contribution in [2.75, 3.05) is 18.9 Å². The quantitative estimate of drug-likeness (QED) is 0.727. The topological polar surface area (TPSA) is 75.6 Å². The van der Waals surface area contributed by atoms with Crippen LogP contribution in [0.25, 0.3) is 0 Å². The maximum Gasteiger partial charge on any atom is 0.211 e. The number of aliphatic hydroxyl groups is 1. The fourth-order valence-electron chi connectivity index (χ4n) is 1.74. The zero-order valence-electron chi connectivity index (χ0n) is 10.1. The molecule has 0 amide bonds. The molecule has 1 aliphatic heterocycles. The lowest BCUT2D eigenvalue weighted by molar-refractivity contribution is -0.0228. The average Bonchev–Trinajstić information content (AvgIpc) is 2.43. The molecule has 0 radical (unpaired) electrons. The molecule has 0 aromatic heterocycles. The molecule has 0 saturated carbocycles. The van der Waals surface area contributed by atoms with E-state index in [0.717, 1.165) is 0 Å². The number of ether oxygens (including phenoxy) is 1. The minimum absolute atomic E-state index is 0.0310. The monoisotopic (exact) mass is 251 g/mol. The van der Waals surface area contributed by atoms with E-state index in [1.165, 1.54) is 0 Å². The molecule has 2 unspecified atom stereocenters. The lowest BCUT2D eigenvalue weighted by Gasteiger charge is -2.26. The Bertz CT molecular complexity index is 328. The standard InChI is InChI=1S/C10H21NO4S/c1-8(2)6-16(13,14)11-7-10(12)4-5-15-9(10)3/h8-9,11-12H,4-7H2,1-3H3. The highest BCUT2D eigenvalue weighted by molar-refractivity contribution is 7.89. The molecule has 1 rings (SSSR count). The molecular formula is C10H21NO4S. The molecule has 16 heavy (non-hydrogen) atoms. The number of hydrogen-bond acceptors (Lipinski definition) is 4. The molecule has 1 fully saturated rings. The molecule has 1 heterocycles. The Morgan fingerprint density at radius 2 is 2.19 bits per heavy atom. The third-order valence-corrected chi connectivity index (χ3v) is 4.50. The van der Waals surface area contributed by atoms with Gasteiger partial charge in [-0.2, -0.15) is 0 Å². The van der Waals surface area contributed by atoms with E-state index in [2.05, 4.69) is 4.72 Å². The van der Waals surface area contributed by atoms with Crippen molar-refractivity contribution < 1.29 is 18.3 Å². The molecule has 0 aromatic carbocycles. The number of hydrogen-bond donors (Lipinski definition) is 2. The maximum absolute atomic E-state index is 11.6. The van der Waals surface area contributed by atoms with Gasteiger partial charge >= 0.3 is 0 Å². The molecule has 5 nitrogen and oxygen atoms in total. The van der Waals surface area contributed by atoms with Gasteiger partial charge < -0.3 is 9.84 Å². The molecule has 0 spiro atoms. The van der Waals surface area contributed by atoms with E-state index in [0.29, 0.717) is 13.0 Å². The summed E-state index contributed by atoms with van der Waals surface area (Å²) in [6, 6.07) is 0. The zero-order chi connectivity index (χ0) is 12.4. The second-order valence-electron chi connectivity index (χ2n) is 4.86. The third-order valence-electron chi connectivity index (χ3n) is 2.81. The van der Waals surface area contributed by atoms with E-state index in [1.807, 2.05) is 13.8 Å². The molecule has 0 aromatic rings. The maximum atomic E-state index is 11.6. The van der Waals surface area contributed by atoms with Crippen molar-refractivity contribution in [2.45, 2.75) is 38.9 Å². The fraction of sp³-hybridized carbons (Fsp3) is 1.00. The molecular weight excluding hydrogens is 230 g/mol. The predicted octanol–water partition coefficient (Wildman–Crippen LogP) is 0.102. The van der Waals surface area contributed by atoms with Gasteiger partial charge in [-0.1, -0.05) is 13.8 Å². The van der Waals surface area contributed by atoms with E-state index in [-0.39, 0.29) is 24.3 Å². The molecule has 0 aliphatic carbocycles. The van der Waals surface area contributed by atoms with Crippen LogP contribution in [0, 0.1) is 5.92 Å². The normalized spacial score (nSPS) is 31.2. The van der Waals surface area contributed by atoms with E-state index >= 15 is 0 Å². The summed E-state index contributed by atoms with van der Waals surface area (Å²) in [7, 11) is -3.30. The molecule has 96 valence electrons. The van der Waals surface area contributed by atoms with Crippen molar-refractivity contribution in [3.8, 4) is 0 Å². The van der Waals surface area contributed by atoms with Crippen molar-refractivity contribution in [1.82, 2.24) is 4.72 Å². The van der Waals surface area contributed by atoms with Crippen LogP contribution in [-0.4, -0.2) is 44.1 Å². The van der Waals surface area contributed by atoms with Gasteiger partial charge in [-0.05, 0) is 12.8 Å². The fourth-order valence-corrected chi connectivity index (χ4v) is 3.20. The summed E-state index contributed by atoms with van der Waals surface area (Å²) in [5.41, 5.74) is -1.07. The smallest absolute Gasteiger partial charge is 0.211 e. The summed E-state index contributed by atoms with van der Waals surface area (Å²) >= 11 is 0. The first kappa shape index (κ1) is 13.9. The minimum Gasteiger partial charge on any atom is -0.386 e. The van der Waals surface area contributed by atoms with Crippen LogP contribution in [0.4, 0.5) is 0 Å². The first-order valence-electron chi connectivity index (χ1n) is 5.56. The van der Waals surface area contributed by atoms with Crippen molar-refractivity contribution in [2.24, 2.45) is 5.92 Å². The van der Waals surface area contributed by atoms with Crippen molar-refractivity contribution >= 4 is 10.0 Å². The van der Waals surface area contributed by atoms with Gasteiger partial charge in [0.15, 0.2) is 0 Å². The predicted molar refractivity (Wildman–Crippen MR) is 61.6 cm³/mol. The van der Waals surface area contributed by atoms with Gasteiger partial charge in [-0.15, -0.1) is 0 Å². The van der Waals surface area contributed by atoms with Crippen LogP contribution in [0.3, 0.4) is 0 Å². The van der Waals surface area contributed by atoms with E-state index < -0.39 is 15.6 Å². The summed E-state index contributed by atoms with van der Waals surface area (Å²) in [5, 5.41) is 10.1. The minimum atomic E-state index is -3.30.